The molecule has 0 aliphatic carbocycles. The Labute approximate surface area is 92.7 Å². The van der Waals surface area contributed by atoms with E-state index in [-0.39, 0.29) is 5.78 Å². The summed E-state index contributed by atoms with van der Waals surface area (Å²) in [6.07, 6.45) is 4.63. The highest BCUT2D eigenvalue weighted by Gasteiger charge is 2.28. The van der Waals surface area contributed by atoms with E-state index >= 15 is 0 Å². The first-order valence-corrected chi connectivity index (χ1v) is 6.21. The number of hydrogen-bond acceptors (Lipinski definition) is 3. The van der Waals surface area contributed by atoms with Crippen LogP contribution in [0.25, 0.3) is 0 Å². The van der Waals surface area contributed by atoms with E-state index in [4.69, 9.17) is 0 Å². The topological polar surface area (TPSA) is 51.2 Å². The predicted octanol–water partition coefficient (Wildman–Crippen LogP) is 2.01. The van der Waals surface area contributed by atoms with Crippen LogP contribution in [0.4, 0.5) is 0 Å². The van der Waals surface area contributed by atoms with E-state index < -0.39 is 15.7 Å². The standard InChI is InChI=1S/C11H18O3S/c1-4-6-7-8-11(3,9-15(13)14)10(12)5-2/h5,9H,2,4,6-8H2,1,3H3. The second-order valence-corrected chi connectivity index (χ2v) is 4.58. The molecule has 0 spiro atoms. The zero-order valence-electron chi connectivity index (χ0n) is 9.32. The minimum absolute atomic E-state index is 0.234. The lowest BCUT2D eigenvalue weighted by atomic mass is 9.82. The maximum absolute atomic E-state index is 11.5. The maximum Gasteiger partial charge on any atom is 0.210 e. The first kappa shape index (κ1) is 14.1. The molecule has 0 N–H and O–H groups in total. The summed E-state index contributed by atoms with van der Waals surface area (Å²) in [4.78, 5) is 11.5. The minimum Gasteiger partial charge on any atom is -0.294 e. The van der Waals surface area contributed by atoms with Crippen LogP contribution in [0, 0.1) is 5.41 Å². The Morgan fingerprint density at radius 2 is 2.00 bits per heavy atom. The van der Waals surface area contributed by atoms with Gasteiger partial charge in [0.05, 0.1) is 5.41 Å². The van der Waals surface area contributed by atoms with E-state index in [2.05, 4.69) is 13.5 Å². The van der Waals surface area contributed by atoms with Gasteiger partial charge >= 0.3 is 0 Å². The Balaban J connectivity index is 4.78. The van der Waals surface area contributed by atoms with E-state index in [1.807, 2.05) is 0 Å². The molecule has 0 rings (SSSR count). The van der Waals surface area contributed by atoms with Crippen LogP contribution in [0.1, 0.15) is 39.5 Å². The van der Waals surface area contributed by atoms with Gasteiger partial charge in [-0.25, -0.2) is 0 Å². The summed E-state index contributed by atoms with van der Waals surface area (Å²) < 4.78 is 21.3. The van der Waals surface area contributed by atoms with E-state index in [1.54, 1.807) is 6.92 Å². The fourth-order valence-electron chi connectivity index (χ4n) is 1.43. The van der Waals surface area contributed by atoms with Gasteiger partial charge in [0.2, 0.25) is 10.3 Å². The van der Waals surface area contributed by atoms with Gasteiger partial charge in [-0.3, -0.25) is 4.79 Å². The fourth-order valence-corrected chi connectivity index (χ4v) is 2.09. The molecule has 0 amide bonds. The van der Waals surface area contributed by atoms with Crippen LogP contribution in [0.2, 0.25) is 0 Å². The Morgan fingerprint density at radius 1 is 1.40 bits per heavy atom. The molecule has 0 bridgehead atoms. The minimum atomic E-state index is -2.31. The molecule has 0 aromatic heterocycles. The molecule has 1 unspecified atom stereocenters. The number of rotatable bonds is 7. The van der Waals surface area contributed by atoms with Gasteiger partial charge in [0.25, 0.3) is 0 Å². The van der Waals surface area contributed by atoms with Gasteiger partial charge in [0, 0.05) is 5.37 Å². The van der Waals surface area contributed by atoms with Gasteiger partial charge in [-0.05, 0) is 19.4 Å². The van der Waals surface area contributed by atoms with Crippen LogP contribution in [-0.2, 0) is 15.1 Å². The number of hydrogen-bond donors (Lipinski definition) is 0. The summed E-state index contributed by atoms with van der Waals surface area (Å²) in [5.74, 6) is -0.234. The Bertz CT molecular complexity index is 346. The van der Waals surface area contributed by atoms with Crippen molar-refractivity contribution in [3.8, 4) is 0 Å². The Hall–Kier alpha value is -0.900. The number of unbranched alkanes of at least 4 members (excludes halogenated alkanes) is 2. The van der Waals surface area contributed by atoms with Crippen molar-refractivity contribution in [2.24, 2.45) is 5.41 Å². The molecular formula is C11H18O3S. The number of carbonyl (C=O) groups excluding carboxylic acids is 1. The number of ketones is 1. The zero-order chi connectivity index (χ0) is 11.9. The molecule has 0 aliphatic heterocycles. The van der Waals surface area contributed by atoms with Gasteiger partial charge in [-0.15, -0.1) is 0 Å². The molecule has 0 heterocycles. The highest BCUT2D eigenvalue weighted by molar-refractivity contribution is 7.71. The lowest BCUT2D eigenvalue weighted by Crippen LogP contribution is -2.28. The molecule has 0 saturated carbocycles. The summed E-state index contributed by atoms with van der Waals surface area (Å²) in [5, 5.41) is 1.08. The lowest BCUT2D eigenvalue weighted by molar-refractivity contribution is -0.120. The molecule has 0 radical (unpaired) electrons. The molecule has 1 atom stereocenters. The van der Waals surface area contributed by atoms with Crippen molar-refractivity contribution in [1.29, 1.82) is 0 Å². The molecule has 0 saturated heterocycles. The van der Waals surface area contributed by atoms with E-state index in [0.717, 1.165) is 24.6 Å². The molecule has 0 aliphatic rings. The number of carbonyl (C=O) groups is 1. The van der Waals surface area contributed by atoms with E-state index in [9.17, 15) is 13.2 Å². The predicted molar refractivity (Wildman–Crippen MR) is 62.4 cm³/mol. The zero-order valence-corrected chi connectivity index (χ0v) is 10.1. The quantitative estimate of drug-likeness (QED) is 0.382. The normalized spacial score (nSPS) is 14.0. The highest BCUT2D eigenvalue weighted by atomic mass is 32.2. The van der Waals surface area contributed by atoms with Crippen LogP contribution in [0.3, 0.4) is 0 Å². The maximum atomic E-state index is 11.5. The number of allylic oxidation sites excluding steroid dienone is 1. The largest absolute Gasteiger partial charge is 0.294 e. The highest BCUT2D eigenvalue weighted by Crippen LogP contribution is 2.23. The third-order valence-corrected chi connectivity index (χ3v) is 3.12. The first-order valence-electron chi connectivity index (χ1n) is 5.07. The summed E-state index contributed by atoms with van der Waals surface area (Å²) >= 11 is 0. The summed E-state index contributed by atoms with van der Waals surface area (Å²) in [5.41, 5.74) is -0.913. The van der Waals surface area contributed by atoms with Crippen LogP contribution in [0.5, 0.6) is 0 Å². The second kappa shape index (κ2) is 6.56. The molecule has 15 heavy (non-hydrogen) atoms. The third kappa shape index (κ3) is 4.93. The van der Waals surface area contributed by atoms with Crippen molar-refractivity contribution < 1.29 is 13.2 Å². The van der Waals surface area contributed by atoms with Crippen molar-refractivity contribution in [3.63, 3.8) is 0 Å². The van der Waals surface area contributed by atoms with E-state index in [0.29, 0.717) is 6.42 Å². The summed E-state index contributed by atoms with van der Waals surface area (Å²) in [7, 11) is -2.31. The molecule has 86 valence electrons. The first-order chi connectivity index (χ1) is 6.96. The summed E-state index contributed by atoms with van der Waals surface area (Å²) in [6.45, 7) is 7.09. The van der Waals surface area contributed by atoms with Crippen molar-refractivity contribution in [3.05, 3.63) is 12.7 Å². The van der Waals surface area contributed by atoms with Crippen LogP contribution >= 0.6 is 0 Å². The Morgan fingerprint density at radius 3 is 2.40 bits per heavy atom. The lowest BCUT2D eigenvalue weighted by Gasteiger charge is -2.20. The smallest absolute Gasteiger partial charge is 0.210 e. The van der Waals surface area contributed by atoms with Gasteiger partial charge in [-0.1, -0.05) is 32.8 Å². The van der Waals surface area contributed by atoms with Gasteiger partial charge in [0.1, 0.15) is 0 Å². The van der Waals surface area contributed by atoms with Gasteiger partial charge in [0.15, 0.2) is 5.78 Å². The van der Waals surface area contributed by atoms with Crippen molar-refractivity contribution in [2.75, 3.05) is 0 Å². The second-order valence-electron chi connectivity index (χ2n) is 3.82. The average molecular weight is 230 g/mol. The van der Waals surface area contributed by atoms with Crippen LogP contribution in [-0.4, -0.2) is 19.6 Å². The van der Waals surface area contributed by atoms with Crippen LogP contribution < -0.4 is 0 Å². The summed E-state index contributed by atoms with van der Waals surface area (Å²) in [6, 6.07) is 0. The molecule has 0 aromatic rings. The molecule has 4 heteroatoms. The Kier molecular flexibility index (Phi) is 6.17. The molecule has 0 aromatic carbocycles. The molecule has 3 nitrogen and oxygen atoms in total. The SMILES string of the molecule is C=CC(=O)C(C)(C=S(=O)=O)CCCCC. The fraction of sp³-hybridized carbons (Fsp3) is 0.636. The molecule has 0 fully saturated rings. The van der Waals surface area contributed by atoms with Crippen molar-refractivity contribution >= 4 is 21.4 Å². The van der Waals surface area contributed by atoms with Gasteiger partial charge < -0.3 is 0 Å². The van der Waals surface area contributed by atoms with E-state index in [1.165, 1.54) is 6.08 Å². The van der Waals surface area contributed by atoms with Gasteiger partial charge in [-0.2, -0.15) is 8.42 Å². The van der Waals surface area contributed by atoms with Crippen molar-refractivity contribution in [1.82, 2.24) is 0 Å². The van der Waals surface area contributed by atoms with Crippen molar-refractivity contribution in [2.45, 2.75) is 39.5 Å². The average Bonchev–Trinajstić information content (AvgIpc) is 2.15. The third-order valence-electron chi connectivity index (χ3n) is 2.40. The molecular weight excluding hydrogens is 212 g/mol. The monoisotopic (exact) mass is 230 g/mol. The van der Waals surface area contributed by atoms with Crippen LogP contribution in [0.15, 0.2) is 12.7 Å².